The molecule has 0 aliphatic carbocycles. The molecule has 0 aromatic rings. The molecule has 1 aliphatic heterocycles. The molecular formula is C66H119NO8. The second kappa shape index (κ2) is 55.0. The van der Waals surface area contributed by atoms with Crippen LogP contribution in [0.4, 0.5) is 0 Å². The van der Waals surface area contributed by atoms with Crippen LogP contribution < -0.4 is 5.32 Å². The summed E-state index contributed by atoms with van der Waals surface area (Å²) in [6, 6.07) is -0.720. The first-order chi connectivity index (χ1) is 36.8. The van der Waals surface area contributed by atoms with E-state index in [-0.39, 0.29) is 12.5 Å². The molecular weight excluding hydrogens is 935 g/mol. The number of nitrogens with one attached hydrogen (secondary N) is 1. The molecule has 0 radical (unpaired) electrons. The highest BCUT2D eigenvalue weighted by Crippen LogP contribution is 2.23. The molecule has 436 valence electrons. The molecule has 0 bridgehead atoms. The van der Waals surface area contributed by atoms with Crippen molar-refractivity contribution in [2.24, 2.45) is 0 Å². The Morgan fingerprint density at radius 3 is 1.23 bits per heavy atom. The molecule has 7 atom stereocenters. The Labute approximate surface area is 461 Å². The Hall–Kier alpha value is -2.37. The summed E-state index contributed by atoms with van der Waals surface area (Å²) in [5.74, 6) is -0.142. The van der Waals surface area contributed by atoms with Gasteiger partial charge in [0.05, 0.1) is 25.4 Å². The van der Waals surface area contributed by atoms with E-state index < -0.39 is 49.5 Å². The smallest absolute Gasteiger partial charge is 0.220 e. The number of carbonyl (C=O) groups is 1. The van der Waals surface area contributed by atoms with E-state index in [1.807, 2.05) is 0 Å². The monoisotopic (exact) mass is 1050 g/mol. The first-order valence-corrected chi connectivity index (χ1v) is 31.6. The van der Waals surface area contributed by atoms with Gasteiger partial charge in [0.15, 0.2) is 6.29 Å². The third-order valence-electron chi connectivity index (χ3n) is 14.8. The van der Waals surface area contributed by atoms with Gasteiger partial charge in [-0.2, -0.15) is 0 Å². The Morgan fingerprint density at radius 1 is 0.467 bits per heavy atom. The fourth-order valence-electron chi connectivity index (χ4n) is 9.87. The second-order valence-corrected chi connectivity index (χ2v) is 21.8. The third-order valence-corrected chi connectivity index (χ3v) is 14.8. The van der Waals surface area contributed by atoms with Crippen molar-refractivity contribution in [3.8, 4) is 0 Å². The van der Waals surface area contributed by atoms with Crippen molar-refractivity contribution in [2.45, 2.75) is 326 Å². The number of aliphatic hydroxyl groups excluding tert-OH is 5. The molecule has 1 amide bonds. The lowest BCUT2D eigenvalue weighted by Gasteiger charge is -2.40. The number of hydrogen-bond donors (Lipinski definition) is 6. The molecule has 75 heavy (non-hydrogen) atoms. The van der Waals surface area contributed by atoms with Crippen molar-refractivity contribution in [3.63, 3.8) is 0 Å². The highest BCUT2D eigenvalue weighted by Gasteiger charge is 2.44. The lowest BCUT2D eigenvalue weighted by Crippen LogP contribution is -2.60. The van der Waals surface area contributed by atoms with E-state index in [4.69, 9.17) is 9.47 Å². The lowest BCUT2D eigenvalue weighted by atomic mass is 9.99. The van der Waals surface area contributed by atoms with Gasteiger partial charge >= 0.3 is 0 Å². The maximum atomic E-state index is 13.1. The number of amides is 1. The Kier molecular flexibility index (Phi) is 51.8. The van der Waals surface area contributed by atoms with Crippen molar-refractivity contribution in [3.05, 3.63) is 72.9 Å². The summed E-state index contributed by atoms with van der Waals surface area (Å²) in [6.07, 6.45) is 69.5. The normalized spacial score (nSPS) is 19.4. The van der Waals surface area contributed by atoms with E-state index >= 15 is 0 Å². The minimum absolute atomic E-state index is 0.137. The molecule has 1 heterocycles. The molecule has 9 nitrogen and oxygen atoms in total. The molecule has 1 fully saturated rings. The Balaban J connectivity index is 2.08. The molecule has 1 rings (SSSR count). The van der Waals surface area contributed by atoms with Crippen LogP contribution in [0.2, 0.25) is 0 Å². The topological polar surface area (TPSA) is 149 Å². The zero-order valence-corrected chi connectivity index (χ0v) is 48.5. The van der Waals surface area contributed by atoms with Crippen LogP contribution in [0.25, 0.3) is 0 Å². The Morgan fingerprint density at radius 2 is 0.827 bits per heavy atom. The first-order valence-electron chi connectivity index (χ1n) is 31.6. The first kappa shape index (κ1) is 70.6. The van der Waals surface area contributed by atoms with Crippen molar-refractivity contribution in [2.75, 3.05) is 13.2 Å². The predicted octanol–water partition coefficient (Wildman–Crippen LogP) is 16.4. The van der Waals surface area contributed by atoms with Crippen molar-refractivity contribution in [1.82, 2.24) is 5.32 Å². The number of rotatable bonds is 54. The largest absolute Gasteiger partial charge is 0.394 e. The number of carbonyl (C=O) groups excluding carboxylic acids is 1. The summed E-state index contributed by atoms with van der Waals surface area (Å²) in [7, 11) is 0. The number of hydrogen-bond acceptors (Lipinski definition) is 8. The average molecular weight is 1050 g/mol. The molecule has 9 heteroatoms. The Bertz CT molecular complexity index is 1410. The van der Waals surface area contributed by atoms with Gasteiger partial charge in [-0.05, 0) is 64.2 Å². The number of allylic oxidation sites excluding steroid dienone is 12. The van der Waals surface area contributed by atoms with Gasteiger partial charge in [0.1, 0.15) is 24.4 Å². The van der Waals surface area contributed by atoms with Crippen LogP contribution in [0.3, 0.4) is 0 Å². The fraction of sp³-hybridized carbons (Fsp3) is 0.803. The van der Waals surface area contributed by atoms with Gasteiger partial charge in [0, 0.05) is 6.42 Å². The molecule has 1 aliphatic rings. The van der Waals surface area contributed by atoms with E-state index in [0.29, 0.717) is 12.8 Å². The van der Waals surface area contributed by atoms with Gasteiger partial charge in [0.25, 0.3) is 0 Å². The molecule has 7 unspecified atom stereocenters. The van der Waals surface area contributed by atoms with E-state index in [9.17, 15) is 30.3 Å². The molecule has 1 saturated heterocycles. The van der Waals surface area contributed by atoms with E-state index in [0.717, 1.165) is 77.0 Å². The summed E-state index contributed by atoms with van der Waals surface area (Å²) in [5, 5.41) is 54.7. The molecule has 6 N–H and O–H groups in total. The molecule has 0 aromatic carbocycles. The van der Waals surface area contributed by atoms with Crippen LogP contribution in [0, 0.1) is 0 Å². The van der Waals surface area contributed by atoms with Crippen molar-refractivity contribution in [1.29, 1.82) is 0 Å². The van der Waals surface area contributed by atoms with E-state index in [1.165, 1.54) is 180 Å². The maximum Gasteiger partial charge on any atom is 0.220 e. The quantitative estimate of drug-likeness (QED) is 0.0261. The molecule has 0 aromatic heterocycles. The molecule has 0 spiro atoms. The second-order valence-electron chi connectivity index (χ2n) is 21.8. The third kappa shape index (κ3) is 44.2. The van der Waals surface area contributed by atoms with Gasteiger partial charge in [-0.15, -0.1) is 0 Å². The summed E-state index contributed by atoms with van der Waals surface area (Å²) >= 11 is 0. The predicted molar refractivity (Wildman–Crippen MR) is 318 cm³/mol. The highest BCUT2D eigenvalue weighted by atomic mass is 16.7. The summed E-state index contributed by atoms with van der Waals surface area (Å²) < 4.78 is 11.3. The van der Waals surface area contributed by atoms with Gasteiger partial charge in [-0.25, -0.2) is 0 Å². The zero-order chi connectivity index (χ0) is 54.3. The molecule has 0 saturated carbocycles. The van der Waals surface area contributed by atoms with Crippen LogP contribution in [-0.4, -0.2) is 87.5 Å². The number of ether oxygens (including phenoxy) is 2. The SMILES string of the molecule is CC/C=C\C/C=C\C/C=C\C/C=C\C/C=C\C/C=C\CCCCCCCCCCCCCCCCCCCCC(=O)NC(COC1OC(CO)C(O)C(O)C1O)C(O)CCCCCCCCCCCCCCCCC. The van der Waals surface area contributed by atoms with Crippen molar-refractivity contribution >= 4 is 5.91 Å². The average Bonchev–Trinajstić information content (AvgIpc) is 3.41. The number of unbranched alkanes of at least 4 members (excludes halogenated alkanes) is 32. The van der Waals surface area contributed by atoms with Crippen LogP contribution in [0.5, 0.6) is 0 Å². The fourth-order valence-corrected chi connectivity index (χ4v) is 9.87. The van der Waals surface area contributed by atoms with Gasteiger partial charge in [0.2, 0.25) is 5.91 Å². The minimum Gasteiger partial charge on any atom is -0.394 e. The van der Waals surface area contributed by atoms with E-state index in [1.54, 1.807) is 0 Å². The standard InChI is InChI=1S/C66H119NO8/c1-3-5-7-9-11-13-15-17-19-20-21-22-23-24-25-26-27-28-29-30-31-32-33-34-35-36-37-38-39-40-42-44-46-48-50-52-54-56-62(70)67-59(58-74-66-65(73)64(72)63(71)61(57-68)75-66)60(69)55-53-51-49-47-45-43-41-18-16-14-12-10-8-6-4-2/h5,7,11,13,17,19,21-22,24-25,27-28,59-61,63-66,68-69,71-73H,3-4,6,8-10,12,14-16,18,20,23,26,29-58H2,1-2H3,(H,67,70)/b7-5-,13-11-,19-17-,22-21-,25-24-,28-27-. The van der Waals surface area contributed by atoms with Gasteiger partial charge in [-0.3, -0.25) is 4.79 Å². The highest BCUT2D eigenvalue weighted by molar-refractivity contribution is 5.76. The van der Waals surface area contributed by atoms with Gasteiger partial charge in [-0.1, -0.05) is 286 Å². The van der Waals surface area contributed by atoms with Crippen molar-refractivity contribution < 1.29 is 39.8 Å². The van der Waals surface area contributed by atoms with Crippen LogP contribution >= 0.6 is 0 Å². The van der Waals surface area contributed by atoms with Crippen LogP contribution in [0.1, 0.15) is 284 Å². The number of aliphatic hydroxyl groups is 5. The summed E-state index contributed by atoms with van der Waals surface area (Å²) in [6.45, 7) is 3.74. The van der Waals surface area contributed by atoms with E-state index in [2.05, 4.69) is 92.1 Å². The lowest BCUT2D eigenvalue weighted by molar-refractivity contribution is -0.302. The summed E-state index contributed by atoms with van der Waals surface area (Å²) in [4.78, 5) is 13.1. The van der Waals surface area contributed by atoms with Crippen LogP contribution in [-0.2, 0) is 14.3 Å². The zero-order valence-electron chi connectivity index (χ0n) is 48.5. The summed E-state index contributed by atoms with van der Waals surface area (Å²) in [5.41, 5.74) is 0. The van der Waals surface area contributed by atoms with Gasteiger partial charge < -0.3 is 40.3 Å². The van der Waals surface area contributed by atoms with Crippen LogP contribution in [0.15, 0.2) is 72.9 Å². The minimum atomic E-state index is -1.55. The maximum absolute atomic E-state index is 13.1.